The molecule has 2 N–H and O–H groups in total. The molecule has 0 saturated carbocycles. The van der Waals surface area contributed by atoms with Gasteiger partial charge in [0.15, 0.2) is 0 Å². The molecule has 0 spiro atoms. The van der Waals surface area contributed by atoms with Crippen molar-refractivity contribution in [1.82, 2.24) is 5.32 Å². The summed E-state index contributed by atoms with van der Waals surface area (Å²) in [6, 6.07) is 7.89. The average Bonchev–Trinajstić information content (AvgIpc) is 3.24. The van der Waals surface area contributed by atoms with E-state index in [1.807, 2.05) is 24.3 Å². The quantitative estimate of drug-likeness (QED) is 0.546. The molecule has 152 valence electrons. The smallest absolute Gasteiger partial charge is 0.239 e. The van der Waals surface area contributed by atoms with Crippen LogP contribution in [0.4, 0.5) is 11.4 Å². The Bertz CT molecular complexity index is 716. The first kappa shape index (κ1) is 20.4. The van der Waals surface area contributed by atoms with Crippen molar-refractivity contribution in [2.45, 2.75) is 58.8 Å². The number of hydrogen-bond acceptors (Lipinski definition) is 3. The van der Waals surface area contributed by atoms with Crippen LogP contribution in [0.15, 0.2) is 35.9 Å². The molecule has 5 nitrogen and oxygen atoms in total. The van der Waals surface area contributed by atoms with E-state index in [1.165, 1.54) is 36.9 Å². The summed E-state index contributed by atoms with van der Waals surface area (Å²) in [4.78, 5) is 27.6. The van der Waals surface area contributed by atoms with E-state index in [0.29, 0.717) is 6.54 Å². The fourth-order valence-corrected chi connectivity index (χ4v) is 3.81. The molecular weight excluding hydrogens is 350 g/mol. The van der Waals surface area contributed by atoms with Crippen LogP contribution in [-0.2, 0) is 9.59 Å². The summed E-state index contributed by atoms with van der Waals surface area (Å²) >= 11 is 0. The fourth-order valence-electron chi connectivity index (χ4n) is 3.81. The lowest BCUT2D eigenvalue weighted by Gasteiger charge is -2.23. The second-order valence-corrected chi connectivity index (χ2v) is 8.43. The number of carbonyl (C=O) groups is 2. The Morgan fingerprint density at radius 1 is 1.00 bits per heavy atom. The molecule has 0 unspecified atom stereocenters. The van der Waals surface area contributed by atoms with E-state index < -0.39 is 5.41 Å². The summed E-state index contributed by atoms with van der Waals surface area (Å²) in [6.45, 7) is 6.13. The van der Waals surface area contributed by atoms with Gasteiger partial charge < -0.3 is 15.5 Å². The Balaban J connectivity index is 1.49. The van der Waals surface area contributed by atoms with Gasteiger partial charge >= 0.3 is 0 Å². The van der Waals surface area contributed by atoms with Gasteiger partial charge in [0.2, 0.25) is 11.8 Å². The molecule has 5 heteroatoms. The molecule has 1 saturated heterocycles. The van der Waals surface area contributed by atoms with Crippen LogP contribution >= 0.6 is 0 Å². The number of nitrogens with one attached hydrogen (secondary N) is 2. The van der Waals surface area contributed by atoms with E-state index in [-0.39, 0.29) is 11.8 Å². The van der Waals surface area contributed by atoms with E-state index in [1.54, 1.807) is 13.8 Å². The molecular formula is C23H33N3O2. The lowest BCUT2D eigenvalue weighted by Crippen LogP contribution is -2.45. The molecule has 1 aliphatic carbocycles. The van der Waals surface area contributed by atoms with Crippen molar-refractivity contribution < 1.29 is 9.59 Å². The summed E-state index contributed by atoms with van der Waals surface area (Å²) in [7, 11) is 0. The molecule has 0 bridgehead atoms. The zero-order valence-electron chi connectivity index (χ0n) is 17.2. The van der Waals surface area contributed by atoms with E-state index in [4.69, 9.17) is 0 Å². The van der Waals surface area contributed by atoms with Gasteiger partial charge in [0.25, 0.3) is 0 Å². The minimum Gasteiger partial charge on any atom is -0.372 e. The van der Waals surface area contributed by atoms with Crippen LogP contribution in [0, 0.1) is 5.41 Å². The first-order valence-corrected chi connectivity index (χ1v) is 10.6. The molecule has 2 amide bonds. The Kier molecular flexibility index (Phi) is 6.76. The van der Waals surface area contributed by atoms with Gasteiger partial charge in [0.05, 0.1) is 0 Å². The second-order valence-electron chi connectivity index (χ2n) is 8.43. The molecule has 0 atom stereocenters. The minimum absolute atomic E-state index is 0.227. The summed E-state index contributed by atoms with van der Waals surface area (Å²) < 4.78 is 0. The van der Waals surface area contributed by atoms with E-state index in [9.17, 15) is 9.59 Å². The third-order valence-electron chi connectivity index (χ3n) is 5.85. The van der Waals surface area contributed by atoms with Crippen molar-refractivity contribution in [3.05, 3.63) is 35.9 Å². The Morgan fingerprint density at radius 2 is 1.71 bits per heavy atom. The number of anilines is 2. The van der Waals surface area contributed by atoms with Gasteiger partial charge in [0, 0.05) is 31.0 Å². The number of hydrogen-bond donors (Lipinski definition) is 2. The average molecular weight is 384 g/mol. The Hall–Kier alpha value is -2.30. The summed E-state index contributed by atoms with van der Waals surface area (Å²) in [5, 5.41) is 5.83. The zero-order valence-corrected chi connectivity index (χ0v) is 17.2. The first-order valence-electron chi connectivity index (χ1n) is 10.6. The predicted octanol–water partition coefficient (Wildman–Crippen LogP) is 4.26. The van der Waals surface area contributed by atoms with Gasteiger partial charge in [-0.3, -0.25) is 9.59 Å². The minimum atomic E-state index is -1.12. The van der Waals surface area contributed by atoms with E-state index >= 15 is 0 Å². The lowest BCUT2D eigenvalue weighted by atomic mass is 9.90. The van der Waals surface area contributed by atoms with Crippen molar-refractivity contribution in [3.63, 3.8) is 0 Å². The summed E-state index contributed by atoms with van der Waals surface area (Å²) in [5.41, 5.74) is 2.21. The molecule has 0 aromatic heterocycles. The molecule has 1 aliphatic heterocycles. The molecule has 1 fully saturated rings. The molecule has 3 rings (SSSR count). The number of allylic oxidation sites excluding steroid dienone is 1. The van der Waals surface area contributed by atoms with Crippen LogP contribution in [-0.4, -0.2) is 31.4 Å². The van der Waals surface area contributed by atoms with E-state index in [0.717, 1.165) is 38.0 Å². The number of carbonyl (C=O) groups excluding carboxylic acids is 2. The highest BCUT2D eigenvalue weighted by molar-refractivity contribution is 6.09. The number of benzene rings is 1. The van der Waals surface area contributed by atoms with Crippen molar-refractivity contribution in [2.24, 2.45) is 5.41 Å². The van der Waals surface area contributed by atoms with Crippen LogP contribution in [0.3, 0.4) is 0 Å². The maximum absolute atomic E-state index is 12.7. The highest BCUT2D eigenvalue weighted by Gasteiger charge is 2.35. The summed E-state index contributed by atoms with van der Waals surface area (Å²) in [5.74, 6) is -0.508. The maximum Gasteiger partial charge on any atom is 0.239 e. The predicted molar refractivity (Wildman–Crippen MR) is 114 cm³/mol. The van der Waals surface area contributed by atoms with Crippen LogP contribution in [0.2, 0.25) is 0 Å². The number of rotatable bonds is 7. The van der Waals surface area contributed by atoms with Crippen LogP contribution < -0.4 is 15.5 Å². The molecule has 1 aromatic rings. The van der Waals surface area contributed by atoms with Crippen LogP contribution in [0.5, 0.6) is 0 Å². The maximum atomic E-state index is 12.7. The third-order valence-corrected chi connectivity index (χ3v) is 5.85. The van der Waals surface area contributed by atoms with Crippen molar-refractivity contribution in [3.8, 4) is 0 Å². The van der Waals surface area contributed by atoms with Crippen LogP contribution in [0.1, 0.15) is 58.8 Å². The highest BCUT2D eigenvalue weighted by atomic mass is 16.2. The monoisotopic (exact) mass is 383 g/mol. The standard InChI is InChI=1S/C23H33N3O2/c1-23(2,21(27)24-15-14-18-8-4-3-5-9-18)22(28)25-19-10-12-20(13-11-19)26-16-6-7-17-26/h8,10-13H,3-7,9,14-17H2,1-2H3,(H,24,27)(H,25,28). The summed E-state index contributed by atoms with van der Waals surface area (Å²) in [6.07, 6.45) is 10.4. The second kappa shape index (κ2) is 9.26. The molecule has 1 heterocycles. The van der Waals surface area contributed by atoms with Crippen LogP contribution in [0.25, 0.3) is 0 Å². The third kappa shape index (κ3) is 5.15. The van der Waals surface area contributed by atoms with Crippen molar-refractivity contribution >= 4 is 23.2 Å². The zero-order chi connectivity index (χ0) is 20.0. The number of nitrogens with zero attached hydrogens (tertiary/aromatic N) is 1. The largest absolute Gasteiger partial charge is 0.372 e. The normalized spacial score (nSPS) is 17.2. The van der Waals surface area contributed by atoms with Gasteiger partial charge in [-0.15, -0.1) is 0 Å². The lowest BCUT2D eigenvalue weighted by molar-refractivity contribution is -0.138. The molecule has 0 radical (unpaired) electrons. The first-order chi connectivity index (χ1) is 13.5. The highest BCUT2D eigenvalue weighted by Crippen LogP contribution is 2.24. The SMILES string of the molecule is CC(C)(C(=O)NCCC1=CCCCC1)C(=O)Nc1ccc(N2CCCC2)cc1. The fraction of sp³-hybridized carbons (Fsp3) is 0.565. The molecule has 1 aromatic carbocycles. The Labute approximate surface area is 168 Å². The van der Waals surface area contributed by atoms with Crippen molar-refractivity contribution in [1.29, 1.82) is 0 Å². The van der Waals surface area contributed by atoms with Gasteiger partial charge in [-0.2, -0.15) is 0 Å². The molecule has 2 aliphatic rings. The van der Waals surface area contributed by atoms with Gasteiger partial charge in [0.1, 0.15) is 5.41 Å². The topological polar surface area (TPSA) is 61.4 Å². The number of amides is 2. The van der Waals surface area contributed by atoms with E-state index in [2.05, 4.69) is 21.6 Å². The van der Waals surface area contributed by atoms with Gasteiger partial charge in [-0.25, -0.2) is 0 Å². The van der Waals surface area contributed by atoms with Gasteiger partial charge in [-0.05, 0) is 83.1 Å². The molecule has 28 heavy (non-hydrogen) atoms. The van der Waals surface area contributed by atoms with Crippen molar-refractivity contribution in [2.75, 3.05) is 29.9 Å². The van der Waals surface area contributed by atoms with Gasteiger partial charge in [-0.1, -0.05) is 11.6 Å². The Morgan fingerprint density at radius 3 is 2.36 bits per heavy atom.